The van der Waals surface area contributed by atoms with Crippen molar-refractivity contribution in [2.75, 3.05) is 13.1 Å². The number of likely N-dealkylation sites (tertiary alicyclic amines) is 1. The third kappa shape index (κ3) is 4.28. The van der Waals surface area contributed by atoms with Crippen LogP contribution in [0.1, 0.15) is 24.0 Å². The van der Waals surface area contributed by atoms with Crippen LogP contribution < -0.4 is 4.74 Å². The SMILES string of the molecule is Cc1cccc(CC(=O)N2CCCC(Oc3ncccn3)C2)c1. The second-order valence-corrected chi connectivity index (χ2v) is 5.92. The summed E-state index contributed by atoms with van der Waals surface area (Å²) in [5, 5.41) is 0. The molecule has 0 N–H and O–H groups in total. The molecule has 0 spiro atoms. The zero-order valence-corrected chi connectivity index (χ0v) is 13.3. The van der Waals surface area contributed by atoms with Crippen LogP contribution in [0.2, 0.25) is 0 Å². The number of rotatable bonds is 4. The van der Waals surface area contributed by atoms with E-state index < -0.39 is 0 Å². The molecule has 1 aliphatic rings. The summed E-state index contributed by atoms with van der Waals surface area (Å²) < 4.78 is 5.79. The van der Waals surface area contributed by atoms with E-state index in [-0.39, 0.29) is 12.0 Å². The Bertz CT molecular complexity index is 660. The molecule has 1 aliphatic heterocycles. The number of nitrogens with zero attached hydrogens (tertiary/aromatic N) is 3. The molecule has 1 saturated heterocycles. The van der Waals surface area contributed by atoms with E-state index in [0.29, 0.717) is 19.0 Å². The highest BCUT2D eigenvalue weighted by Crippen LogP contribution is 2.16. The average Bonchev–Trinajstić information content (AvgIpc) is 2.56. The molecular weight excluding hydrogens is 290 g/mol. The Labute approximate surface area is 136 Å². The zero-order chi connectivity index (χ0) is 16.1. The van der Waals surface area contributed by atoms with Crippen LogP contribution >= 0.6 is 0 Å². The summed E-state index contributed by atoms with van der Waals surface area (Å²) in [5.74, 6) is 0.151. The molecule has 5 heteroatoms. The highest BCUT2D eigenvalue weighted by atomic mass is 16.5. The van der Waals surface area contributed by atoms with E-state index in [2.05, 4.69) is 16.0 Å². The van der Waals surface area contributed by atoms with E-state index in [1.54, 1.807) is 18.5 Å². The average molecular weight is 311 g/mol. The highest BCUT2D eigenvalue weighted by molar-refractivity contribution is 5.79. The van der Waals surface area contributed by atoms with Gasteiger partial charge in [0, 0.05) is 18.9 Å². The number of aromatic nitrogens is 2. The van der Waals surface area contributed by atoms with E-state index in [1.807, 2.05) is 30.0 Å². The van der Waals surface area contributed by atoms with Gasteiger partial charge < -0.3 is 9.64 Å². The topological polar surface area (TPSA) is 55.3 Å². The molecular formula is C18H21N3O2. The minimum atomic E-state index is -0.0346. The number of carbonyl (C=O) groups is 1. The fourth-order valence-corrected chi connectivity index (χ4v) is 2.86. The predicted octanol–water partition coefficient (Wildman–Crippen LogP) is 2.40. The molecule has 1 atom stereocenters. The lowest BCUT2D eigenvalue weighted by molar-refractivity contribution is -0.133. The number of ether oxygens (including phenoxy) is 1. The first-order chi connectivity index (χ1) is 11.2. The fourth-order valence-electron chi connectivity index (χ4n) is 2.86. The third-order valence-electron chi connectivity index (χ3n) is 3.98. The summed E-state index contributed by atoms with van der Waals surface area (Å²) in [4.78, 5) is 22.6. The molecule has 3 rings (SSSR count). The van der Waals surface area contributed by atoms with Gasteiger partial charge in [0.05, 0.1) is 13.0 Å². The van der Waals surface area contributed by atoms with Crippen LogP contribution in [0.25, 0.3) is 0 Å². The van der Waals surface area contributed by atoms with Crippen molar-refractivity contribution in [3.63, 3.8) is 0 Å². The Hall–Kier alpha value is -2.43. The van der Waals surface area contributed by atoms with Gasteiger partial charge in [-0.2, -0.15) is 0 Å². The normalized spacial score (nSPS) is 17.8. The van der Waals surface area contributed by atoms with Crippen molar-refractivity contribution in [2.24, 2.45) is 0 Å². The maximum Gasteiger partial charge on any atom is 0.316 e. The second kappa shape index (κ2) is 7.22. The Kier molecular flexibility index (Phi) is 4.86. The molecule has 0 bridgehead atoms. The first kappa shape index (κ1) is 15.5. The van der Waals surface area contributed by atoms with Crippen molar-refractivity contribution in [1.82, 2.24) is 14.9 Å². The van der Waals surface area contributed by atoms with Crippen molar-refractivity contribution >= 4 is 5.91 Å². The molecule has 5 nitrogen and oxygen atoms in total. The van der Waals surface area contributed by atoms with Gasteiger partial charge in [0.25, 0.3) is 0 Å². The molecule has 1 aromatic heterocycles. The van der Waals surface area contributed by atoms with Crippen LogP contribution in [0.4, 0.5) is 0 Å². The lowest BCUT2D eigenvalue weighted by Gasteiger charge is -2.32. The number of hydrogen-bond acceptors (Lipinski definition) is 4. The number of piperidine rings is 1. The highest BCUT2D eigenvalue weighted by Gasteiger charge is 2.25. The molecule has 0 saturated carbocycles. The largest absolute Gasteiger partial charge is 0.458 e. The molecule has 1 unspecified atom stereocenters. The van der Waals surface area contributed by atoms with Crippen LogP contribution in [0.15, 0.2) is 42.7 Å². The summed E-state index contributed by atoms with van der Waals surface area (Å²) in [6, 6.07) is 10.2. The van der Waals surface area contributed by atoms with E-state index >= 15 is 0 Å². The fraction of sp³-hybridized carbons (Fsp3) is 0.389. The molecule has 120 valence electrons. The van der Waals surface area contributed by atoms with Crippen LogP contribution in [0.3, 0.4) is 0 Å². The summed E-state index contributed by atoms with van der Waals surface area (Å²) >= 11 is 0. The zero-order valence-electron chi connectivity index (χ0n) is 13.3. The standard InChI is InChI=1S/C18H21N3O2/c1-14-5-2-6-15(11-14)12-17(22)21-10-3-7-16(13-21)23-18-19-8-4-9-20-18/h2,4-6,8-9,11,16H,3,7,10,12-13H2,1H3. The first-order valence-corrected chi connectivity index (χ1v) is 7.98. The van der Waals surface area contributed by atoms with Crippen LogP contribution in [-0.2, 0) is 11.2 Å². The van der Waals surface area contributed by atoms with Crippen molar-refractivity contribution in [3.8, 4) is 6.01 Å². The summed E-state index contributed by atoms with van der Waals surface area (Å²) in [7, 11) is 0. The van der Waals surface area contributed by atoms with E-state index in [0.717, 1.165) is 24.9 Å². The first-order valence-electron chi connectivity index (χ1n) is 7.98. The number of carbonyl (C=O) groups excluding carboxylic acids is 1. The predicted molar refractivity (Wildman–Crippen MR) is 87.1 cm³/mol. The Balaban J connectivity index is 1.58. The monoisotopic (exact) mass is 311 g/mol. The Morgan fingerprint density at radius 2 is 2.13 bits per heavy atom. The van der Waals surface area contributed by atoms with Gasteiger partial charge in [-0.3, -0.25) is 4.79 Å². The minimum absolute atomic E-state index is 0.0346. The van der Waals surface area contributed by atoms with Gasteiger partial charge in [0.15, 0.2) is 0 Å². The molecule has 0 radical (unpaired) electrons. The number of benzene rings is 1. The molecule has 1 aromatic carbocycles. The lowest BCUT2D eigenvalue weighted by atomic mass is 10.1. The molecule has 23 heavy (non-hydrogen) atoms. The van der Waals surface area contributed by atoms with Gasteiger partial charge in [0.1, 0.15) is 6.10 Å². The van der Waals surface area contributed by atoms with E-state index in [4.69, 9.17) is 4.74 Å². The lowest BCUT2D eigenvalue weighted by Crippen LogP contribution is -2.45. The van der Waals surface area contributed by atoms with Crippen molar-refractivity contribution in [2.45, 2.75) is 32.3 Å². The summed E-state index contributed by atoms with van der Waals surface area (Å²) in [6.07, 6.45) is 5.59. The van der Waals surface area contributed by atoms with Crippen molar-refractivity contribution in [1.29, 1.82) is 0 Å². The molecule has 2 aromatic rings. The quantitative estimate of drug-likeness (QED) is 0.870. The van der Waals surface area contributed by atoms with Gasteiger partial charge in [-0.1, -0.05) is 29.8 Å². The number of hydrogen-bond donors (Lipinski definition) is 0. The number of aryl methyl sites for hydroxylation is 1. The van der Waals surface area contributed by atoms with Gasteiger partial charge >= 0.3 is 6.01 Å². The van der Waals surface area contributed by atoms with Crippen molar-refractivity contribution in [3.05, 3.63) is 53.9 Å². The maximum absolute atomic E-state index is 12.5. The second-order valence-electron chi connectivity index (χ2n) is 5.92. The Morgan fingerprint density at radius 3 is 2.91 bits per heavy atom. The van der Waals surface area contributed by atoms with Gasteiger partial charge in [-0.25, -0.2) is 9.97 Å². The molecule has 1 fully saturated rings. The van der Waals surface area contributed by atoms with Gasteiger partial charge in [-0.05, 0) is 31.4 Å². The molecule has 2 heterocycles. The maximum atomic E-state index is 12.5. The van der Waals surface area contributed by atoms with Crippen LogP contribution in [0.5, 0.6) is 6.01 Å². The van der Waals surface area contributed by atoms with Crippen LogP contribution in [0, 0.1) is 6.92 Å². The molecule has 1 amide bonds. The minimum Gasteiger partial charge on any atom is -0.458 e. The van der Waals surface area contributed by atoms with Gasteiger partial charge in [-0.15, -0.1) is 0 Å². The van der Waals surface area contributed by atoms with E-state index in [1.165, 1.54) is 5.56 Å². The smallest absolute Gasteiger partial charge is 0.316 e. The van der Waals surface area contributed by atoms with Gasteiger partial charge in [0.2, 0.25) is 5.91 Å². The Morgan fingerprint density at radius 1 is 1.30 bits per heavy atom. The third-order valence-corrected chi connectivity index (χ3v) is 3.98. The van der Waals surface area contributed by atoms with E-state index in [9.17, 15) is 4.79 Å². The van der Waals surface area contributed by atoms with Crippen molar-refractivity contribution < 1.29 is 9.53 Å². The summed E-state index contributed by atoms with van der Waals surface area (Å²) in [6.45, 7) is 3.43. The summed E-state index contributed by atoms with van der Waals surface area (Å²) in [5.41, 5.74) is 2.24. The van der Waals surface area contributed by atoms with Crippen LogP contribution in [-0.4, -0.2) is 40.0 Å². The number of amides is 1. The molecule has 0 aliphatic carbocycles.